The van der Waals surface area contributed by atoms with Crippen molar-refractivity contribution in [2.45, 2.75) is 30.7 Å². The minimum absolute atomic E-state index is 0.216. The molecule has 0 saturated carbocycles. The topological polar surface area (TPSA) is 154 Å². The third-order valence-electron chi connectivity index (χ3n) is 4.85. The standard InChI is InChI=1S/C19H19ClN4O6/c20-12-7-11(9-1-3-10(4-2-9)18-21-23-24-22-18)5-6-13(12)29-19-17(28)16(27)15(26)14(8-25)30-19/h1-7,14-17,19,25-28H,8H2,(H,21,22,23,24)/t14?,15?,16?,17?,19-/m0/s1. The van der Waals surface area contributed by atoms with E-state index in [1.807, 2.05) is 24.3 Å². The number of benzene rings is 2. The van der Waals surface area contributed by atoms with E-state index in [2.05, 4.69) is 20.6 Å². The molecule has 1 aliphatic heterocycles. The maximum Gasteiger partial charge on any atom is 0.229 e. The fourth-order valence-electron chi connectivity index (χ4n) is 3.16. The Morgan fingerprint density at radius 1 is 0.967 bits per heavy atom. The number of aromatic nitrogens is 4. The van der Waals surface area contributed by atoms with Gasteiger partial charge in [0, 0.05) is 5.56 Å². The van der Waals surface area contributed by atoms with E-state index in [1.54, 1.807) is 18.2 Å². The van der Waals surface area contributed by atoms with Gasteiger partial charge in [-0.2, -0.15) is 5.21 Å². The van der Waals surface area contributed by atoms with Gasteiger partial charge in [0.05, 0.1) is 11.6 Å². The van der Waals surface area contributed by atoms with Crippen LogP contribution in [0, 0.1) is 0 Å². The molecule has 1 saturated heterocycles. The Labute approximate surface area is 175 Å². The first-order valence-electron chi connectivity index (χ1n) is 9.09. The molecular formula is C19H19ClN4O6. The number of H-pyrrole nitrogens is 1. The lowest BCUT2D eigenvalue weighted by Gasteiger charge is -2.39. The molecule has 158 valence electrons. The summed E-state index contributed by atoms with van der Waals surface area (Å²) in [6.45, 7) is -0.544. The van der Waals surface area contributed by atoms with Gasteiger partial charge in [0.25, 0.3) is 0 Å². The molecule has 4 rings (SSSR count). The Kier molecular flexibility index (Phi) is 5.95. The van der Waals surface area contributed by atoms with E-state index in [4.69, 9.17) is 21.1 Å². The number of ether oxygens (including phenoxy) is 2. The molecule has 0 radical (unpaired) electrons. The molecule has 0 amide bonds. The highest BCUT2D eigenvalue weighted by Gasteiger charge is 2.44. The second-order valence-corrected chi connectivity index (χ2v) is 7.18. The molecule has 0 aliphatic carbocycles. The van der Waals surface area contributed by atoms with E-state index in [9.17, 15) is 20.4 Å². The molecule has 10 nitrogen and oxygen atoms in total. The molecule has 2 heterocycles. The summed E-state index contributed by atoms with van der Waals surface area (Å²) >= 11 is 6.34. The average Bonchev–Trinajstić information content (AvgIpc) is 3.30. The number of aromatic amines is 1. The van der Waals surface area contributed by atoms with Gasteiger partial charge >= 0.3 is 0 Å². The van der Waals surface area contributed by atoms with Crippen LogP contribution >= 0.6 is 11.6 Å². The summed E-state index contributed by atoms with van der Waals surface area (Å²) < 4.78 is 10.9. The molecule has 11 heteroatoms. The molecular weight excluding hydrogens is 416 g/mol. The number of tetrazole rings is 1. The predicted octanol–water partition coefficient (Wildman–Crippen LogP) is 0.366. The number of nitrogens with one attached hydrogen (secondary N) is 1. The normalized spacial score (nSPS) is 26.5. The van der Waals surface area contributed by atoms with Crippen LogP contribution in [0.25, 0.3) is 22.5 Å². The van der Waals surface area contributed by atoms with E-state index in [-0.39, 0.29) is 10.8 Å². The summed E-state index contributed by atoms with van der Waals surface area (Å²) in [4.78, 5) is 0. The van der Waals surface area contributed by atoms with Crippen molar-refractivity contribution in [1.29, 1.82) is 0 Å². The van der Waals surface area contributed by atoms with Gasteiger partial charge in [0.2, 0.25) is 12.1 Å². The quantitative estimate of drug-likeness (QED) is 0.383. The van der Waals surface area contributed by atoms with E-state index >= 15 is 0 Å². The highest BCUT2D eigenvalue weighted by molar-refractivity contribution is 6.32. The Morgan fingerprint density at radius 3 is 2.30 bits per heavy atom. The number of halogens is 1. The lowest BCUT2D eigenvalue weighted by atomic mass is 9.99. The largest absolute Gasteiger partial charge is 0.460 e. The van der Waals surface area contributed by atoms with Crippen LogP contribution in [0.4, 0.5) is 0 Å². The van der Waals surface area contributed by atoms with Crippen molar-refractivity contribution in [3.63, 3.8) is 0 Å². The molecule has 1 aliphatic rings. The molecule has 3 aromatic rings. The first-order valence-corrected chi connectivity index (χ1v) is 9.46. The van der Waals surface area contributed by atoms with Crippen molar-refractivity contribution < 1.29 is 29.9 Å². The molecule has 5 N–H and O–H groups in total. The summed E-state index contributed by atoms with van der Waals surface area (Å²) in [7, 11) is 0. The van der Waals surface area contributed by atoms with E-state index in [0.29, 0.717) is 5.82 Å². The van der Waals surface area contributed by atoms with Gasteiger partial charge in [0.1, 0.15) is 30.2 Å². The van der Waals surface area contributed by atoms with Crippen LogP contribution in [-0.4, -0.2) is 78.4 Å². The lowest BCUT2D eigenvalue weighted by Crippen LogP contribution is -2.60. The van der Waals surface area contributed by atoms with Crippen LogP contribution in [-0.2, 0) is 4.74 Å². The first kappa shape index (κ1) is 20.7. The number of rotatable bonds is 5. The molecule has 0 spiro atoms. The summed E-state index contributed by atoms with van der Waals surface area (Å²) in [5.74, 6) is 0.705. The summed E-state index contributed by atoms with van der Waals surface area (Å²) in [5, 5.41) is 53.2. The molecule has 30 heavy (non-hydrogen) atoms. The van der Waals surface area contributed by atoms with Gasteiger partial charge in [-0.05, 0) is 28.5 Å². The number of hydrogen-bond donors (Lipinski definition) is 5. The van der Waals surface area contributed by atoms with Crippen molar-refractivity contribution in [3.05, 3.63) is 47.5 Å². The van der Waals surface area contributed by atoms with Crippen molar-refractivity contribution in [2.24, 2.45) is 0 Å². The average molecular weight is 435 g/mol. The van der Waals surface area contributed by atoms with Crippen molar-refractivity contribution in [3.8, 4) is 28.3 Å². The molecule has 0 bridgehead atoms. The van der Waals surface area contributed by atoms with Crippen LogP contribution in [0.2, 0.25) is 5.02 Å². The second kappa shape index (κ2) is 8.64. The van der Waals surface area contributed by atoms with Crippen molar-refractivity contribution in [1.82, 2.24) is 20.6 Å². The minimum Gasteiger partial charge on any atom is -0.460 e. The van der Waals surface area contributed by atoms with Gasteiger partial charge in [-0.3, -0.25) is 0 Å². The smallest absolute Gasteiger partial charge is 0.229 e. The van der Waals surface area contributed by atoms with Crippen molar-refractivity contribution in [2.75, 3.05) is 6.61 Å². The third-order valence-corrected chi connectivity index (χ3v) is 5.14. The maximum atomic E-state index is 10.1. The van der Waals surface area contributed by atoms with Gasteiger partial charge in [-0.1, -0.05) is 41.9 Å². The summed E-state index contributed by atoms with van der Waals surface area (Å²) in [6, 6.07) is 12.5. The maximum absolute atomic E-state index is 10.1. The van der Waals surface area contributed by atoms with Crippen LogP contribution in [0.15, 0.2) is 42.5 Å². The van der Waals surface area contributed by atoms with Gasteiger partial charge in [0.15, 0.2) is 0 Å². The second-order valence-electron chi connectivity index (χ2n) is 6.77. The number of nitrogens with zero attached hydrogens (tertiary/aromatic N) is 3. The Hall–Kier alpha value is -2.60. The van der Waals surface area contributed by atoms with Crippen molar-refractivity contribution >= 4 is 11.6 Å². The zero-order valence-corrected chi connectivity index (χ0v) is 16.2. The van der Waals surface area contributed by atoms with E-state index in [1.165, 1.54) is 0 Å². The van der Waals surface area contributed by atoms with Crippen LogP contribution in [0.1, 0.15) is 0 Å². The van der Waals surface area contributed by atoms with Gasteiger partial charge < -0.3 is 29.9 Å². The number of aliphatic hydroxyl groups is 4. The Morgan fingerprint density at radius 2 is 1.67 bits per heavy atom. The van der Waals surface area contributed by atoms with E-state index < -0.39 is 37.3 Å². The molecule has 2 aromatic carbocycles. The monoisotopic (exact) mass is 434 g/mol. The third kappa shape index (κ3) is 4.01. The van der Waals surface area contributed by atoms with Crippen LogP contribution in [0.3, 0.4) is 0 Å². The molecule has 1 aromatic heterocycles. The SMILES string of the molecule is OCC1O[C@H](Oc2ccc(-c3ccc(-c4nn[nH]n4)cc3)cc2Cl)C(O)C(O)C1O. The van der Waals surface area contributed by atoms with Gasteiger partial charge in [-0.25, -0.2) is 0 Å². The Bertz CT molecular complexity index is 985. The predicted molar refractivity (Wildman–Crippen MR) is 104 cm³/mol. The van der Waals surface area contributed by atoms with Gasteiger partial charge in [-0.15, -0.1) is 10.2 Å². The summed E-state index contributed by atoms with van der Waals surface area (Å²) in [6.07, 6.45) is -6.88. The van der Waals surface area contributed by atoms with Crippen LogP contribution < -0.4 is 4.74 Å². The molecule has 5 atom stereocenters. The van der Waals surface area contributed by atoms with Crippen LogP contribution in [0.5, 0.6) is 5.75 Å². The highest BCUT2D eigenvalue weighted by atomic mass is 35.5. The first-order chi connectivity index (χ1) is 14.5. The molecule has 4 unspecified atom stereocenters. The fraction of sp³-hybridized carbons (Fsp3) is 0.316. The molecule has 1 fully saturated rings. The van der Waals surface area contributed by atoms with E-state index in [0.717, 1.165) is 16.7 Å². The summed E-state index contributed by atoms with van der Waals surface area (Å²) in [5.41, 5.74) is 2.52. The highest BCUT2D eigenvalue weighted by Crippen LogP contribution is 2.33. The zero-order chi connectivity index (χ0) is 21.3. The fourth-order valence-corrected chi connectivity index (χ4v) is 3.39. The minimum atomic E-state index is -1.53. The zero-order valence-electron chi connectivity index (χ0n) is 15.5. The lowest BCUT2D eigenvalue weighted by molar-refractivity contribution is -0.277. The number of aliphatic hydroxyl groups excluding tert-OH is 4. The number of hydrogen-bond acceptors (Lipinski definition) is 9. The Balaban J connectivity index is 1.51.